The number of nitrogen functional groups attached to an aromatic ring is 1. The van der Waals surface area contributed by atoms with Crippen LogP contribution in [0.25, 0.3) is 11.0 Å². The third kappa shape index (κ3) is 1.78. The number of anilines is 2. The Hall–Kier alpha value is -2.56. The van der Waals surface area contributed by atoms with Crippen LogP contribution in [0.15, 0.2) is 48.5 Å². The molecule has 84 valence electrons. The van der Waals surface area contributed by atoms with Crippen LogP contribution in [0.4, 0.5) is 11.4 Å². The van der Waals surface area contributed by atoms with E-state index in [9.17, 15) is 0 Å². The van der Waals surface area contributed by atoms with Crippen LogP contribution < -0.4 is 11.2 Å². The molecule has 0 amide bonds. The molecule has 0 bridgehead atoms. The monoisotopic (exact) mass is 225 g/mol. The summed E-state index contributed by atoms with van der Waals surface area (Å²) in [5.74, 6) is 0. The lowest BCUT2D eigenvalue weighted by Crippen LogP contribution is -2.13. The number of aromatic nitrogens is 3. The molecule has 0 aliphatic carbocycles. The number of hydrogen-bond donors (Lipinski definition) is 2. The molecular weight excluding hydrogens is 214 g/mol. The highest BCUT2D eigenvalue weighted by molar-refractivity contribution is 5.73. The van der Waals surface area contributed by atoms with Crippen molar-refractivity contribution < 1.29 is 0 Å². The summed E-state index contributed by atoms with van der Waals surface area (Å²) in [5, 5.41) is 8.58. The van der Waals surface area contributed by atoms with Gasteiger partial charge in [-0.15, -0.1) is 10.2 Å². The summed E-state index contributed by atoms with van der Waals surface area (Å²) in [6.45, 7) is 0. The fourth-order valence-electron chi connectivity index (χ4n) is 1.62. The number of nitrogens with two attached hydrogens (primary N) is 1. The van der Waals surface area contributed by atoms with Gasteiger partial charge in [0.1, 0.15) is 11.0 Å². The molecule has 0 saturated carbocycles. The van der Waals surface area contributed by atoms with Crippen molar-refractivity contribution in [1.29, 1.82) is 0 Å². The molecule has 0 saturated heterocycles. The van der Waals surface area contributed by atoms with E-state index < -0.39 is 0 Å². The highest BCUT2D eigenvalue weighted by Crippen LogP contribution is 2.16. The number of benzene rings is 2. The molecule has 3 rings (SSSR count). The second-order valence-electron chi connectivity index (χ2n) is 3.68. The lowest BCUT2D eigenvalue weighted by atomic mass is 10.3. The maximum Gasteiger partial charge on any atom is 0.115 e. The van der Waals surface area contributed by atoms with Crippen LogP contribution in [-0.4, -0.2) is 15.1 Å². The van der Waals surface area contributed by atoms with Crippen molar-refractivity contribution in [2.75, 3.05) is 11.2 Å². The molecule has 0 spiro atoms. The summed E-state index contributed by atoms with van der Waals surface area (Å²) in [7, 11) is 0. The molecule has 5 nitrogen and oxygen atoms in total. The lowest BCUT2D eigenvalue weighted by molar-refractivity contribution is 0.699. The van der Waals surface area contributed by atoms with E-state index in [4.69, 9.17) is 5.73 Å². The van der Waals surface area contributed by atoms with E-state index in [-0.39, 0.29) is 0 Å². The van der Waals surface area contributed by atoms with Crippen LogP contribution in [-0.2, 0) is 0 Å². The van der Waals surface area contributed by atoms with Crippen molar-refractivity contribution in [3.63, 3.8) is 0 Å². The van der Waals surface area contributed by atoms with Gasteiger partial charge in [0.15, 0.2) is 0 Å². The first-order chi connectivity index (χ1) is 8.33. The fraction of sp³-hybridized carbons (Fsp3) is 0. The first-order valence-electron chi connectivity index (χ1n) is 5.26. The molecule has 0 atom stereocenters. The van der Waals surface area contributed by atoms with Crippen LogP contribution in [0.5, 0.6) is 0 Å². The average molecular weight is 225 g/mol. The Bertz CT molecular complexity index is 626. The summed E-state index contributed by atoms with van der Waals surface area (Å²) in [4.78, 5) is 1.43. The third-order valence-corrected chi connectivity index (χ3v) is 2.47. The zero-order valence-corrected chi connectivity index (χ0v) is 9.04. The molecule has 3 aromatic rings. The van der Waals surface area contributed by atoms with Crippen molar-refractivity contribution in [3.8, 4) is 0 Å². The summed E-state index contributed by atoms with van der Waals surface area (Å²) in [6.07, 6.45) is 0. The maximum atomic E-state index is 5.83. The Morgan fingerprint density at radius 2 is 1.47 bits per heavy atom. The van der Waals surface area contributed by atoms with Crippen LogP contribution in [0.2, 0.25) is 0 Å². The standard InChI is InChI=1S/C12H11N5/c13-9-5-1-2-6-10(9)14-17-15-11-7-3-4-8-12(11)16-17/h1-8,14H,13H2. The number of fused-ring (bicyclic) bond motifs is 1. The molecular formula is C12H11N5. The Labute approximate surface area is 97.8 Å². The van der Waals surface area contributed by atoms with Crippen molar-refractivity contribution in [1.82, 2.24) is 15.1 Å². The summed E-state index contributed by atoms with van der Waals surface area (Å²) in [5.41, 5.74) is 12.0. The number of hydrogen-bond acceptors (Lipinski definition) is 4. The minimum Gasteiger partial charge on any atom is -0.397 e. The summed E-state index contributed by atoms with van der Waals surface area (Å²) < 4.78 is 0. The van der Waals surface area contributed by atoms with Gasteiger partial charge in [0.2, 0.25) is 0 Å². The van der Waals surface area contributed by atoms with Gasteiger partial charge < -0.3 is 5.73 Å². The molecule has 0 aliphatic heterocycles. The molecule has 0 unspecified atom stereocenters. The fourth-order valence-corrected chi connectivity index (χ4v) is 1.62. The number of para-hydroxylation sites is 2. The molecule has 17 heavy (non-hydrogen) atoms. The van der Waals surface area contributed by atoms with Gasteiger partial charge in [0, 0.05) is 0 Å². The smallest absolute Gasteiger partial charge is 0.115 e. The predicted octanol–water partition coefficient (Wildman–Crippen LogP) is 1.89. The van der Waals surface area contributed by atoms with Gasteiger partial charge in [-0.25, -0.2) is 0 Å². The second-order valence-corrected chi connectivity index (χ2v) is 3.68. The molecule has 0 radical (unpaired) electrons. The Morgan fingerprint density at radius 3 is 2.12 bits per heavy atom. The minimum absolute atomic E-state index is 0.661. The first-order valence-corrected chi connectivity index (χ1v) is 5.26. The van der Waals surface area contributed by atoms with E-state index in [1.165, 1.54) is 4.91 Å². The predicted molar refractivity (Wildman–Crippen MR) is 67.4 cm³/mol. The summed E-state index contributed by atoms with van der Waals surface area (Å²) >= 11 is 0. The van der Waals surface area contributed by atoms with Gasteiger partial charge in [-0.2, -0.15) is 0 Å². The van der Waals surface area contributed by atoms with Gasteiger partial charge >= 0.3 is 0 Å². The Kier molecular flexibility index (Phi) is 2.15. The minimum atomic E-state index is 0.661. The number of nitrogens with zero attached hydrogens (tertiary/aromatic N) is 3. The van der Waals surface area contributed by atoms with Crippen LogP contribution in [0, 0.1) is 0 Å². The second kappa shape index (κ2) is 3.79. The lowest BCUT2D eigenvalue weighted by Gasteiger charge is -2.06. The third-order valence-electron chi connectivity index (χ3n) is 2.47. The SMILES string of the molecule is Nc1ccccc1Nn1nc2ccccc2n1. The molecule has 3 N–H and O–H groups in total. The quantitative estimate of drug-likeness (QED) is 0.653. The highest BCUT2D eigenvalue weighted by Gasteiger charge is 2.02. The van der Waals surface area contributed by atoms with E-state index in [0.717, 1.165) is 16.7 Å². The summed E-state index contributed by atoms with van der Waals surface area (Å²) in [6, 6.07) is 15.2. The normalized spacial score (nSPS) is 10.6. The molecule has 1 heterocycles. The zero-order valence-electron chi connectivity index (χ0n) is 9.04. The Morgan fingerprint density at radius 1 is 0.882 bits per heavy atom. The number of rotatable bonds is 2. The van der Waals surface area contributed by atoms with Crippen LogP contribution in [0.3, 0.4) is 0 Å². The molecule has 0 aliphatic rings. The zero-order chi connectivity index (χ0) is 11.7. The van der Waals surface area contributed by atoms with E-state index in [0.29, 0.717) is 5.69 Å². The molecule has 2 aromatic carbocycles. The van der Waals surface area contributed by atoms with Crippen molar-refractivity contribution in [2.45, 2.75) is 0 Å². The number of nitrogens with one attached hydrogen (secondary N) is 1. The van der Waals surface area contributed by atoms with E-state index in [2.05, 4.69) is 15.6 Å². The maximum absolute atomic E-state index is 5.83. The molecule has 5 heteroatoms. The Balaban J connectivity index is 1.98. The van der Waals surface area contributed by atoms with Gasteiger partial charge in [0.05, 0.1) is 11.4 Å². The van der Waals surface area contributed by atoms with Crippen molar-refractivity contribution >= 4 is 22.4 Å². The van der Waals surface area contributed by atoms with Gasteiger partial charge in [-0.3, -0.25) is 5.43 Å². The van der Waals surface area contributed by atoms with Crippen molar-refractivity contribution in [3.05, 3.63) is 48.5 Å². The van der Waals surface area contributed by atoms with E-state index in [1.54, 1.807) is 0 Å². The van der Waals surface area contributed by atoms with E-state index in [1.807, 2.05) is 48.5 Å². The van der Waals surface area contributed by atoms with Crippen LogP contribution >= 0.6 is 0 Å². The largest absolute Gasteiger partial charge is 0.397 e. The topological polar surface area (TPSA) is 68.8 Å². The van der Waals surface area contributed by atoms with Gasteiger partial charge in [0.25, 0.3) is 0 Å². The van der Waals surface area contributed by atoms with E-state index >= 15 is 0 Å². The molecule has 1 aromatic heterocycles. The first kappa shape index (κ1) is 9.65. The highest BCUT2D eigenvalue weighted by atomic mass is 15.7. The van der Waals surface area contributed by atoms with Crippen molar-refractivity contribution in [2.24, 2.45) is 0 Å². The van der Waals surface area contributed by atoms with Crippen LogP contribution in [0.1, 0.15) is 0 Å². The van der Waals surface area contributed by atoms with Gasteiger partial charge in [-0.1, -0.05) is 29.2 Å². The van der Waals surface area contributed by atoms with Gasteiger partial charge in [-0.05, 0) is 24.3 Å². The average Bonchev–Trinajstić information content (AvgIpc) is 2.74. The molecule has 0 fully saturated rings.